The van der Waals surface area contributed by atoms with Crippen LogP contribution in [0.3, 0.4) is 0 Å². The molecule has 0 saturated carbocycles. The second-order valence-corrected chi connectivity index (χ2v) is 10.1. The van der Waals surface area contributed by atoms with Gasteiger partial charge in [-0.3, -0.25) is 4.55 Å². The van der Waals surface area contributed by atoms with E-state index in [2.05, 4.69) is 0 Å². The minimum Gasteiger partial charge on any atom is -0.450 e. The molecule has 0 saturated heterocycles. The molecule has 0 spiro atoms. The van der Waals surface area contributed by atoms with E-state index in [4.69, 9.17) is 9.47 Å². The molecule has 2 aromatic rings. The summed E-state index contributed by atoms with van der Waals surface area (Å²) in [6, 6.07) is 7.95. The molecule has 29 heavy (non-hydrogen) atoms. The number of halogens is 2. The third kappa shape index (κ3) is 6.12. The maximum Gasteiger partial charge on any atom is 0.349 e. The number of rotatable bonds is 6. The van der Waals surface area contributed by atoms with Crippen LogP contribution in [0.25, 0.3) is 0 Å². The molecule has 0 heterocycles. The topological polar surface area (TPSA) is 107 Å². The van der Waals surface area contributed by atoms with E-state index in [1.165, 1.54) is 12.1 Å². The maximum atomic E-state index is 12.3. The first-order valence-corrected chi connectivity index (χ1v) is 12.0. The lowest BCUT2D eigenvalue weighted by molar-refractivity contribution is -0.137. The van der Waals surface area contributed by atoms with Crippen molar-refractivity contribution in [2.45, 2.75) is 31.6 Å². The lowest BCUT2D eigenvalue weighted by atomic mass is 10.0. The number of hydrogen-bond donors (Lipinski definition) is 1. The first kappa shape index (κ1) is 24.0. The van der Waals surface area contributed by atoms with E-state index in [9.17, 15) is 22.6 Å². The Morgan fingerprint density at radius 1 is 1.14 bits per heavy atom. The molecule has 0 aliphatic heterocycles. The van der Waals surface area contributed by atoms with Crippen molar-refractivity contribution in [2.24, 2.45) is 0 Å². The molecule has 10 heteroatoms. The third-order valence-corrected chi connectivity index (χ3v) is 6.63. The molecule has 0 aliphatic rings. The lowest BCUT2D eigenvalue weighted by Crippen LogP contribution is -2.20. The summed E-state index contributed by atoms with van der Waals surface area (Å²) in [4.78, 5) is 24.2. The van der Waals surface area contributed by atoms with Crippen molar-refractivity contribution in [1.29, 1.82) is 0 Å². The van der Waals surface area contributed by atoms with E-state index in [-0.39, 0.29) is 16.6 Å². The monoisotopic (exact) mass is 644 g/mol. The number of esters is 2. The van der Waals surface area contributed by atoms with E-state index in [1.54, 1.807) is 39.0 Å². The Hall–Kier alpha value is -1.25. The van der Waals surface area contributed by atoms with Crippen molar-refractivity contribution in [2.75, 3.05) is 6.61 Å². The molecule has 2 rings (SSSR count). The Labute approximate surface area is 196 Å². The quantitative estimate of drug-likeness (QED) is 0.216. The molecular formula is C19H18I2O7S. The summed E-state index contributed by atoms with van der Waals surface area (Å²) >= 11 is 4.02. The molecule has 156 valence electrons. The molecular weight excluding hydrogens is 626 g/mol. The Kier molecular flexibility index (Phi) is 8.04. The fraction of sp³-hybridized carbons (Fsp3) is 0.263. The molecule has 0 aromatic heterocycles. The number of ether oxygens (including phenoxy) is 2. The number of aryl methyl sites for hydroxylation is 1. The highest BCUT2D eigenvalue weighted by Crippen LogP contribution is 2.31. The Morgan fingerprint density at radius 2 is 1.72 bits per heavy atom. The smallest absolute Gasteiger partial charge is 0.349 e. The van der Waals surface area contributed by atoms with Crippen LogP contribution in [0.1, 0.15) is 41.3 Å². The van der Waals surface area contributed by atoms with Gasteiger partial charge in [-0.05, 0) is 93.4 Å². The molecule has 0 amide bonds. The van der Waals surface area contributed by atoms with E-state index >= 15 is 0 Å². The van der Waals surface area contributed by atoms with Crippen molar-refractivity contribution in [1.82, 2.24) is 0 Å². The molecule has 0 unspecified atom stereocenters. The van der Waals surface area contributed by atoms with Crippen LogP contribution in [0.2, 0.25) is 0 Å². The Bertz CT molecular complexity index is 1040. The van der Waals surface area contributed by atoms with Gasteiger partial charge in [0.25, 0.3) is 10.1 Å². The fourth-order valence-corrected chi connectivity index (χ4v) is 5.37. The van der Waals surface area contributed by atoms with Crippen LogP contribution in [0, 0.1) is 14.1 Å². The predicted molar refractivity (Wildman–Crippen MR) is 123 cm³/mol. The second-order valence-electron chi connectivity index (χ2n) is 6.43. The van der Waals surface area contributed by atoms with Crippen molar-refractivity contribution in [3.05, 3.63) is 54.2 Å². The van der Waals surface area contributed by atoms with Crippen LogP contribution in [0.5, 0.6) is 5.75 Å². The van der Waals surface area contributed by atoms with Crippen LogP contribution >= 0.6 is 45.2 Å². The van der Waals surface area contributed by atoms with Crippen molar-refractivity contribution < 1.29 is 32.0 Å². The standard InChI is InChI=1S/C19H18I2O7S/c1-10(2)12-8-15(11(3)7-16(12)29(24,25)26)28-17(22)9-27-19(23)18-13(20)5-4-6-14(18)21/h4-8,10H,9H2,1-3H3,(H,24,25,26). The highest BCUT2D eigenvalue weighted by Gasteiger charge is 2.22. The maximum absolute atomic E-state index is 12.3. The van der Waals surface area contributed by atoms with Gasteiger partial charge < -0.3 is 9.47 Å². The van der Waals surface area contributed by atoms with Crippen LogP contribution in [-0.4, -0.2) is 31.5 Å². The predicted octanol–water partition coefficient (Wildman–Crippen LogP) is 4.34. The zero-order valence-corrected chi connectivity index (χ0v) is 20.9. The first-order chi connectivity index (χ1) is 13.4. The van der Waals surface area contributed by atoms with Gasteiger partial charge in [0.1, 0.15) is 5.75 Å². The lowest BCUT2D eigenvalue weighted by Gasteiger charge is -2.15. The Morgan fingerprint density at radius 3 is 2.24 bits per heavy atom. The highest BCUT2D eigenvalue weighted by molar-refractivity contribution is 14.1. The Balaban J connectivity index is 2.17. The summed E-state index contributed by atoms with van der Waals surface area (Å²) in [5.41, 5.74) is 1.03. The molecule has 0 radical (unpaired) electrons. The zero-order chi connectivity index (χ0) is 21.9. The average Bonchev–Trinajstić information content (AvgIpc) is 2.60. The molecule has 0 fully saturated rings. The number of hydrogen-bond acceptors (Lipinski definition) is 6. The van der Waals surface area contributed by atoms with Crippen molar-refractivity contribution >= 4 is 67.2 Å². The minimum atomic E-state index is -4.42. The molecule has 2 aromatic carbocycles. The van der Waals surface area contributed by atoms with Gasteiger partial charge in [-0.15, -0.1) is 0 Å². The normalized spacial score (nSPS) is 11.4. The summed E-state index contributed by atoms with van der Waals surface area (Å²) in [5, 5.41) is 0. The number of carbonyl (C=O) groups excluding carboxylic acids is 2. The van der Waals surface area contributed by atoms with Gasteiger partial charge in [-0.1, -0.05) is 19.9 Å². The number of benzene rings is 2. The fourth-order valence-electron chi connectivity index (χ4n) is 2.50. The number of carbonyl (C=O) groups is 2. The van der Waals surface area contributed by atoms with Crippen molar-refractivity contribution in [3.63, 3.8) is 0 Å². The molecule has 1 N–H and O–H groups in total. The summed E-state index contributed by atoms with van der Waals surface area (Å²) < 4.78 is 44.3. The molecule has 0 atom stereocenters. The van der Waals surface area contributed by atoms with Gasteiger partial charge in [0.15, 0.2) is 6.61 Å². The molecule has 7 nitrogen and oxygen atoms in total. The second kappa shape index (κ2) is 9.71. The minimum absolute atomic E-state index is 0.131. The van der Waals surface area contributed by atoms with Gasteiger partial charge >= 0.3 is 11.9 Å². The highest BCUT2D eigenvalue weighted by atomic mass is 127. The van der Waals surface area contributed by atoms with Crippen LogP contribution in [-0.2, 0) is 19.6 Å². The summed E-state index contributed by atoms with van der Waals surface area (Å²) in [6.07, 6.45) is 0. The van der Waals surface area contributed by atoms with Crippen LogP contribution in [0.15, 0.2) is 35.2 Å². The van der Waals surface area contributed by atoms with Crippen molar-refractivity contribution in [3.8, 4) is 5.75 Å². The van der Waals surface area contributed by atoms with Gasteiger partial charge in [-0.2, -0.15) is 8.42 Å². The summed E-state index contributed by atoms with van der Waals surface area (Å²) in [7, 11) is -4.42. The van der Waals surface area contributed by atoms with Crippen LogP contribution < -0.4 is 4.74 Å². The van der Waals surface area contributed by atoms with Gasteiger partial charge in [-0.25, -0.2) is 9.59 Å². The van der Waals surface area contributed by atoms with E-state index in [1.807, 2.05) is 45.2 Å². The third-order valence-electron chi connectivity index (χ3n) is 3.92. The van der Waals surface area contributed by atoms with Gasteiger partial charge in [0.05, 0.1) is 10.5 Å². The van der Waals surface area contributed by atoms with Crippen LogP contribution in [0.4, 0.5) is 0 Å². The van der Waals surface area contributed by atoms with Gasteiger partial charge in [0, 0.05) is 7.14 Å². The largest absolute Gasteiger partial charge is 0.450 e. The average molecular weight is 644 g/mol. The molecule has 0 aliphatic carbocycles. The zero-order valence-electron chi connectivity index (χ0n) is 15.7. The SMILES string of the molecule is Cc1cc(S(=O)(=O)O)c(C(C)C)cc1OC(=O)COC(=O)c1c(I)cccc1I. The molecule has 0 bridgehead atoms. The van der Waals surface area contributed by atoms with E-state index < -0.39 is 28.7 Å². The first-order valence-electron chi connectivity index (χ1n) is 8.35. The summed E-state index contributed by atoms with van der Waals surface area (Å²) in [6.45, 7) is 4.43. The summed E-state index contributed by atoms with van der Waals surface area (Å²) in [5.74, 6) is -1.56. The van der Waals surface area contributed by atoms with E-state index in [0.29, 0.717) is 23.8 Å². The van der Waals surface area contributed by atoms with Gasteiger partial charge in [0.2, 0.25) is 0 Å². The van der Waals surface area contributed by atoms with E-state index in [0.717, 1.165) is 0 Å².